The van der Waals surface area contributed by atoms with E-state index in [0.29, 0.717) is 25.0 Å². The maximum atomic E-state index is 12.8. The van der Waals surface area contributed by atoms with E-state index >= 15 is 0 Å². The first-order chi connectivity index (χ1) is 12.8. The molecule has 1 aromatic heterocycles. The van der Waals surface area contributed by atoms with Gasteiger partial charge in [-0.15, -0.1) is 0 Å². The fourth-order valence-electron chi connectivity index (χ4n) is 4.48. The predicted molar refractivity (Wildman–Crippen MR) is 107 cm³/mol. The zero-order valence-corrected chi connectivity index (χ0v) is 17.4. The lowest BCUT2D eigenvalue weighted by Gasteiger charge is -2.37. The van der Waals surface area contributed by atoms with E-state index in [1.165, 1.54) is 25.5 Å². The van der Waals surface area contributed by atoms with Crippen molar-refractivity contribution in [1.82, 2.24) is 9.29 Å². The Morgan fingerprint density at radius 1 is 1.19 bits per heavy atom. The molecule has 2 unspecified atom stereocenters. The Bertz CT molecular complexity index is 810. The third-order valence-corrected chi connectivity index (χ3v) is 6.87. The van der Waals surface area contributed by atoms with E-state index in [-0.39, 0.29) is 23.7 Å². The standard InChI is InChI=1S/C20H32N2O4S/c1-4-15-6-10-17(11-7-15)26-13-19-18(21-27(3,24)25)12-9-16-8-5-14(2)20(23)22(16)19/h5,8,15,17-19,21H,4,6-7,9-13H2,1-3H3. The Labute approximate surface area is 162 Å². The molecule has 7 heteroatoms. The summed E-state index contributed by atoms with van der Waals surface area (Å²) in [6, 6.07) is 3.20. The van der Waals surface area contributed by atoms with Gasteiger partial charge in [0.05, 0.1) is 25.0 Å². The summed E-state index contributed by atoms with van der Waals surface area (Å²) in [6.07, 6.45) is 8.42. The van der Waals surface area contributed by atoms with Crippen molar-refractivity contribution in [1.29, 1.82) is 0 Å². The highest BCUT2D eigenvalue weighted by Gasteiger charge is 2.33. The maximum absolute atomic E-state index is 12.8. The van der Waals surface area contributed by atoms with E-state index in [1.54, 1.807) is 11.5 Å². The molecule has 0 amide bonds. The molecule has 3 rings (SSSR count). The number of aryl methyl sites for hydroxylation is 2. The zero-order chi connectivity index (χ0) is 19.6. The van der Waals surface area contributed by atoms with Gasteiger partial charge in [-0.25, -0.2) is 13.1 Å². The first kappa shape index (κ1) is 20.6. The summed E-state index contributed by atoms with van der Waals surface area (Å²) >= 11 is 0. The van der Waals surface area contributed by atoms with Gasteiger partial charge in [-0.05, 0) is 57.4 Å². The minimum absolute atomic E-state index is 0.0456. The van der Waals surface area contributed by atoms with Crippen LogP contribution in [0, 0.1) is 12.8 Å². The first-order valence-corrected chi connectivity index (χ1v) is 12.0. The Kier molecular flexibility index (Phi) is 6.43. The molecule has 0 bridgehead atoms. The molecule has 0 spiro atoms. The molecular weight excluding hydrogens is 364 g/mol. The molecule has 1 aromatic rings. The summed E-state index contributed by atoms with van der Waals surface area (Å²) in [5.41, 5.74) is 1.59. The molecule has 1 saturated carbocycles. The van der Waals surface area contributed by atoms with Gasteiger partial charge in [0.15, 0.2) is 0 Å². The fraction of sp³-hybridized carbons (Fsp3) is 0.750. The lowest BCUT2D eigenvalue weighted by molar-refractivity contribution is -0.00694. The van der Waals surface area contributed by atoms with E-state index in [1.807, 2.05) is 12.1 Å². The lowest BCUT2D eigenvalue weighted by atomic mass is 9.86. The number of fused-ring (bicyclic) bond motifs is 1. The van der Waals surface area contributed by atoms with Gasteiger partial charge in [0.25, 0.3) is 5.56 Å². The number of pyridine rings is 1. The highest BCUT2D eigenvalue weighted by Crippen LogP contribution is 2.30. The van der Waals surface area contributed by atoms with Gasteiger partial charge in [0, 0.05) is 17.3 Å². The average Bonchev–Trinajstić information content (AvgIpc) is 2.63. The average molecular weight is 397 g/mol. The zero-order valence-electron chi connectivity index (χ0n) is 16.6. The van der Waals surface area contributed by atoms with E-state index in [0.717, 1.165) is 24.5 Å². The highest BCUT2D eigenvalue weighted by molar-refractivity contribution is 7.88. The number of rotatable bonds is 6. The predicted octanol–water partition coefficient (Wildman–Crippen LogP) is 2.55. The van der Waals surface area contributed by atoms with Crippen molar-refractivity contribution in [3.8, 4) is 0 Å². The quantitative estimate of drug-likeness (QED) is 0.802. The van der Waals surface area contributed by atoms with Gasteiger partial charge in [0.1, 0.15) is 0 Å². The van der Waals surface area contributed by atoms with Crippen LogP contribution in [0.1, 0.15) is 62.7 Å². The summed E-state index contributed by atoms with van der Waals surface area (Å²) in [4.78, 5) is 12.8. The molecule has 152 valence electrons. The third-order valence-electron chi connectivity index (χ3n) is 6.14. The number of hydrogen-bond acceptors (Lipinski definition) is 4. The summed E-state index contributed by atoms with van der Waals surface area (Å²) in [7, 11) is -3.36. The van der Waals surface area contributed by atoms with Crippen molar-refractivity contribution in [2.24, 2.45) is 5.92 Å². The Hall–Kier alpha value is -1.18. The van der Waals surface area contributed by atoms with E-state index in [4.69, 9.17) is 4.74 Å². The number of nitrogens with zero attached hydrogens (tertiary/aromatic N) is 1. The minimum atomic E-state index is -3.36. The van der Waals surface area contributed by atoms with Gasteiger partial charge in [-0.3, -0.25) is 4.79 Å². The van der Waals surface area contributed by atoms with Crippen LogP contribution in [0.25, 0.3) is 0 Å². The normalized spacial score (nSPS) is 28.7. The molecule has 2 atom stereocenters. The number of nitrogens with one attached hydrogen (secondary N) is 1. The fourth-order valence-corrected chi connectivity index (χ4v) is 5.31. The van der Waals surface area contributed by atoms with Crippen molar-refractivity contribution >= 4 is 10.0 Å². The lowest BCUT2D eigenvalue weighted by Crippen LogP contribution is -2.49. The van der Waals surface area contributed by atoms with E-state index < -0.39 is 10.0 Å². The second-order valence-corrected chi connectivity index (χ2v) is 9.95. The number of sulfonamides is 1. The molecule has 0 radical (unpaired) electrons. The van der Waals surface area contributed by atoms with E-state index in [2.05, 4.69) is 11.6 Å². The topological polar surface area (TPSA) is 77.4 Å². The van der Waals surface area contributed by atoms with Crippen LogP contribution < -0.4 is 10.3 Å². The van der Waals surface area contributed by atoms with Crippen molar-refractivity contribution in [2.45, 2.75) is 77.0 Å². The Morgan fingerprint density at radius 3 is 2.52 bits per heavy atom. The maximum Gasteiger partial charge on any atom is 0.254 e. The summed E-state index contributed by atoms with van der Waals surface area (Å²) in [5.74, 6) is 0.796. The number of aromatic nitrogens is 1. The van der Waals surface area contributed by atoms with Gasteiger partial charge < -0.3 is 9.30 Å². The summed E-state index contributed by atoms with van der Waals surface area (Å²) in [6.45, 7) is 4.40. The molecule has 1 N–H and O–H groups in total. The highest BCUT2D eigenvalue weighted by atomic mass is 32.2. The van der Waals surface area contributed by atoms with Crippen LogP contribution in [-0.2, 0) is 21.2 Å². The van der Waals surface area contributed by atoms with Crippen LogP contribution in [0.3, 0.4) is 0 Å². The monoisotopic (exact) mass is 396 g/mol. The van der Waals surface area contributed by atoms with Crippen LogP contribution in [0.5, 0.6) is 0 Å². The van der Waals surface area contributed by atoms with Gasteiger partial charge >= 0.3 is 0 Å². The summed E-state index contributed by atoms with van der Waals surface area (Å²) in [5, 5.41) is 0. The third kappa shape index (κ3) is 5.00. The molecule has 6 nitrogen and oxygen atoms in total. The van der Waals surface area contributed by atoms with Crippen LogP contribution in [-0.4, -0.2) is 38.0 Å². The van der Waals surface area contributed by atoms with Crippen LogP contribution in [0.2, 0.25) is 0 Å². The second kappa shape index (κ2) is 8.45. The van der Waals surface area contributed by atoms with Crippen LogP contribution >= 0.6 is 0 Å². The van der Waals surface area contributed by atoms with E-state index in [9.17, 15) is 13.2 Å². The van der Waals surface area contributed by atoms with Crippen molar-refractivity contribution in [3.05, 3.63) is 33.7 Å². The number of hydrogen-bond donors (Lipinski definition) is 1. The van der Waals surface area contributed by atoms with Crippen LogP contribution in [0.15, 0.2) is 16.9 Å². The van der Waals surface area contributed by atoms with Crippen molar-refractivity contribution in [3.63, 3.8) is 0 Å². The first-order valence-electron chi connectivity index (χ1n) is 10.1. The van der Waals surface area contributed by atoms with Gasteiger partial charge in [0.2, 0.25) is 10.0 Å². The Morgan fingerprint density at radius 2 is 1.89 bits per heavy atom. The van der Waals surface area contributed by atoms with Gasteiger partial charge in [-0.2, -0.15) is 0 Å². The molecule has 1 fully saturated rings. The van der Waals surface area contributed by atoms with Crippen LogP contribution in [0.4, 0.5) is 0 Å². The SMILES string of the molecule is CCC1CCC(OCC2C(NS(C)(=O)=O)CCc3ccc(C)c(=O)n32)CC1. The molecule has 0 saturated heterocycles. The Balaban J connectivity index is 1.80. The molecule has 1 aliphatic heterocycles. The minimum Gasteiger partial charge on any atom is -0.376 e. The molecule has 2 aliphatic rings. The largest absolute Gasteiger partial charge is 0.376 e. The molecule has 2 heterocycles. The van der Waals surface area contributed by atoms with Crippen molar-refractivity contribution < 1.29 is 13.2 Å². The van der Waals surface area contributed by atoms with Gasteiger partial charge in [-0.1, -0.05) is 19.4 Å². The molecule has 1 aliphatic carbocycles. The molecule has 27 heavy (non-hydrogen) atoms. The molecule has 0 aromatic carbocycles. The summed E-state index contributed by atoms with van der Waals surface area (Å²) < 4.78 is 34.4. The number of ether oxygens (including phenoxy) is 1. The molecular formula is C20H32N2O4S. The van der Waals surface area contributed by atoms with Crippen molar-refractivity contribution in [2.75, 3.05) is 12.9 Å². The smallest absolute Gasteiger partial charge is 0.254 e. The second-order valence-electron chi connectivity index (χ2n) is 8.17.